The minimum absolute atomic E-state index is 0.229. The Hall–Kier alpha value is -4.26. The number of para-hydroxylation sites is 1. The minimum atomic E-state index is -0.318. The fourth-order valence-corrected chi connectivity index (χ4v) is 3.38. The van der Waals surface area contributed by atoms with Crippen LogP contribution in [0.15, 0.2) is 89.8 Å². The zero-order chi connectivity index (χ0) is 23.8. The standard InChI is InChI=1S/C27H26N2O5/c1-19(21-8-9-24(25(16-21)31-2)34-17-20-10-13-28-14-11-20)29-27(30)26-22(12-15-32-26)18-33-23-6-4-3-5-7-23/h3-16,19H,17-18H2,1-2H3,(H,29,30). The topological polar surface area (TPSA) is 82.8 Å². The van der Waals surface area contributed by atoms with Gasteiger partial charge in [-0.25, -0.2) is 0 Å². The zero-order valence-corrected chi connectivity index (χ0v) is 19.1. The SMILES string of the molecule is COc1cc(C(C)NC(=O)c2occc2COc2ccccc2)ccc1OCc1ccncc1. The Morgan fingerprint density at radius 2 is 1.76 bits per heavy atom. The smallest absolute Gasteiger partial charge is 0.287 e. The van der Waals surface area contributed by atoms with Crippen molar-refractivity contribution in [3.63, 3.8) is 0 Å². The average Bonchev–Trinajstić information content (AvgIpc) is 3.36. The number of methoxy groups -OCH3 is 1. The highest BCUT2D eigenvalue weighted by molar-refractivity contribution is 5.93. The predicted molar refractivity (Wildman–Crippen MR) is 127 cm³/mol. The number of hydrogen-bond donors (Lipinski definition) is 1. The van der Waals surface area contributed by atoms with Crippen molar-refractivity contribution in [1.29, 1.82) is 0 Å². The van der Waals surface area contributed by atoms with E-state index < -0.39 is 0 Å². The van der Waals surface area contributed by atoms with Gasteiger partial charge in [-0.05, 0) is 60.5 Å². The summed E-state index contributed by atoms with van der Waals surface area (Å²) in [6.45, 7) is 2.53. The van der Waals surface area contributed by atoms with E-state index >= 15 is 0 Å². The van der Waals surface area contributed by atoms with E-state index in [9.17, 15) is 4.79 Å². The molecule has 4 rings (SSSR count). The highest BCUT2D eigenvalue weighted by Crippen LogP contribution is 2.31. The van der Waals surface area contributed by atoms with Crippen LogP contribution in [0.25, 0.3) is 0 Å². The molecule has 0 aliphatic carbocycles. The third-order valence-electron chi connectivity index (χ3n) is 5.27. The number of rotatable bonds is 10. The minimum Gasteiger partial charge on any atom is -0.493 e. The monoisotopic (exact) mass is 458 g/mol. The number of ether oxygens (including phenoxy) is 3. The summed E-state index contributed by atoms with van der Waals surface area (Å²) in [7, 11) is 1.59. The molecule has 1 atom stereocenters. The van der Waals surface area contributed by atoms with E-state index in [1.807, 2.05) is 67.6 Å². The molecule has 1 amide bonds. The Morgan fingerprint density at radius 1 is 0.971 bits per heavy atom. The van der Waals surface area contributed by atoms with E-state index in [2.05, 4.69) is 10.3 Å². The summed E-state index contributed by atoms with van der Waals surface area (Å²) in [5.41, 5.74) is 2.55. The van der Waals surface area contributed by atoms with Crippen LogP contribution in [0.3, 0.4) is 0 Å². The van der Waals surface area contributed by atoms with Gasteiger partial charge >= 0.3 is 0 Å². The number of hydrogen-bond acceptors (Lipinski definition) is 6. The van der Waals surface area contributed by atoms with Gasteiger partial charge in [-0.2, -0.15) is 0 Å². The van der Waals surface area contributed by atoms with Crippen molar-refractivity contribution in [2.24, 2.45) is 0 Å². The number of carbonyl (C=O) groups excluding carboxylic acids is 1. The molecular weight excluding hydrogens is 432 g/mol. The van der Waals surface area contributed by atoms with Gasteiger partial charge in [-0.3, -0.25) is 9.78 Å². The Labute approximate surface area is 198 Å². The van der Waals surface area contributed by atoms with Crippen molar-refractivity contribution in [2.45, 2.75) is 26.2 Å². The summed E-state index contributed by atoms with van der Waals surface area (Å²) < 4.78 is 22.6. The summed E-state index contributed by atoms with van der Waals surface area (Å²) in [5.74, 6) is 1.84. The molecule has 2 aromatic heterocycles. The first-order valence-electron chi connectivity index (χ1n) is 10.9. The molecule has 0 aliphatic rings. The second kappa shape index (κ2) is 11.0. The van der Waals surface area contributed by atoms with Gasteiger partial charge < -0.3 is 23.9 Å². The third kappa shape index (κ3) is 5.75. The van der Waals surface area contributed by atoms with Crippen LogP contribution >= 0.6 is 0 Å². The maximum Gasteiger partial charge on any atom is 0.287 e. The van der Waals surface area contributed by atoms with Gasteiger partial charge in [-0.1, -0.05) is 24.3 Å². The van der Waals surface area contributed by atoms with Crippen LogP contribution in [0, 0.1) is 0 Å². The van der Waals surface area contributed by atoms with Gasteiger partial charge in [0.1, 0.15) is 19.0 Å². The Balaban J connectivity index is 1.39. The molecule has 0 aliphatic heterocycles. The summed E-state index contributed by atoms with van der Waals surface area (Å²) in [5, 5.41) is 2.97. The molecule has 0 radical (unpaired) electrons. The lowest BCUT2D eigenvalue weighted by molar-refractivity contribution is 0.0908. The molecule has 0 spiro atoms. The maximum atomic E-state index is 12.9. The zero-order valence-electron chi connectivity index (χ0n) is 19.1. The first kappa shape index (κ1) is 22.9. The molecule has 2 heterocycles. The first-order chi connectivity index (χ1) is 16.6. The van der Waals surface area contributed by atoms with E-state index in [-0.39, 0.29) is 24.3 Å². The number of furan rings is 1. The summed E-state index contributed by atoms with van der Waals surface area (Å²) >= 11 is 0. The van der Waals surface area contributed by atoms with Crippen molar-refractivity contribution in [3.8, 4) is 17.2 Å². The highest BCUT2D eigenvalue weighted by atomic mass is 16.5. The molecule has 0 saturated carbocycles. The number of nitrogens with one attached hydrogen (secondary N) is 1. The molecule has 174 valence electrons. The quantitative estimate of drug-likeness (QED) is 0.346. The molecule has 34 heavy (non-hydrogen) atoms. The van der Waals surface area contributed by atoms with Crippen molar-refractivity contribution in [2.75, 3.05) is 7.11 Å². The molecule has 1 unspecified atom stereocenters. The summed E-state index contributed by atoms with van der Waals surface area (Å²) in [4.78, 5) is 16.9. The van der Waals surface area contributed by atoms with E-state index in [0.29, 0.717) is 23.7 Å². The molecule has 0 bridgehead atoms. The van der Waals surface area contributed by atoms with Crippen LogP contribution in [-0.2, 0) is 13.2 Å². The number of pyridine rings is 1. The fraction of sp³-hybridized carbons (Fsp3) is 0.185. The van der Waals surface area contributed by atoms with Crippen LogP contribution in [0.2, 0.25) is 0 Å². The number of nitrogens with zero attached hydrogens (tertiary/aromatic N) is 1. The first-order valence-corrected chi connectivity index (χ1v) is 10.9. The van der Waals surface area contributed by atoms with Crippen molar-refractivity contribution in [1.82, 2.24) is 10.3 Å². The Kier molecular flexibility index (Phi) is 7.45. The summed E-state index contributed by atoms with van der Waals surface area (Å²) in [6, 6.07) is 20.3. The van der Waals surface area contributed by atoms with E-state index in [1.165, 1.54) is 6.26 Å². The Morgan fingerprint density at radius 3 is 2.53 bits per heavy atom. The van der Waals surface area contributed by atoms with Gasteiger partial charge in [0.05, 0.1) is 19.4 Å². The number of carbonyl (C=O) groups is 1. The van der Waals surface area contributed by atoms with Gasteiger partial charge in [0.15, 0.2) is 17.3 Å². The molecule has 0 saturated heterocycles. The summed E-state index contributed by atoms with van der Waals surface area (Å²) in [6.07, 6.45) is 4.93. The maximum absolute atomic E-state index is 12.9. The van der Waals surface area contributed by atoms with E-state index in [4.69, 9.17) is 18.6 Å². The molecule has 7 nitrogen and oxygen atoms in total. The molecule has 2 aromatic carbocycles. The third-order valence-corrected chi connectivity index (χ3v) is 5.27. The van der Waals surface area contributed by atoms with Crippen LogP contribution in [0.5, 0.6) is 17.2 Å². The molecule has 7 heteroatoms. The van der Waals surface area contributed by atoms with Gasteiger partial charge in [-0.15, -0.1) is 0 Å². The largest absolute Gasteiger partial charge is 0.493 e. The van der Waals surface area contributed by atoms with Gasteiger partial charge in [0, 0.05) is 18.0 Å². The van der Waals surface area contributed by atoms with Crippen LogP contribution in [-0.4, -0.2) is 18.0 Å². The second-order valence-corrected chi connectivity index (χ2v) is 7.63. The average molecular weight is 459 g/mol. The van der Waals surface area contributed by atoms with E-state index in [0.717, 1.165) is 16.9 Å². The highest BCUT2D eigenvalue weighted by Gasteiger charge is 2.19. The van der Waals surface area contributed by atoms with Crippen LogP contribution in [0.4, 0.5) is 0 Å². The van der Waals surface area contributed by atoms with Crippen LogP contribution in [0.1, 0.15) is 40.2 Å². The van der Waals surface area contributed by atoms with Crippen molar-refractivity contribution >= 4 is 5.91 Å². The lowest BCUT2D eigenvalue weighted by Crippen LogP contribution is -2.27. The van der Waals surface area contributed by atoms with Gasteiger partial charge in [0.2, 0.25) is 0 Å². The van der Waals surface area contributed by atoms with Crippen molar-refractivity contribution < 1.29 is 23.4 Å². The molecule has 0 fully saturated rings. The molecular formula is C27H26N2O5. The number of aromatic nitrogens is 1. The second-order valence-electron chi connectivity index (χ2n) is 7.63. The van der Waals surface area contributed by atoms with E-state index in [1.54, 1.807) is 25.6 Å². The normalized spacial score (nSPS) is 11.5. The predicted octanol–water partition coefficient (Wildman–Crippen LogP) is 5.33. The lowest BCUT2D eigenvalue weighted by Gasteiger charge is -2.17. The molecule has 1 N–H and O–H groups in total. The fourth-order valence-electron chi connectivity index (χ4n) is 3.38. The number of benzene rings is 2. The van der Waals surface area contributed by atoms with Crippen molar-refractivity contribution in [3.05, 3.63) is 108 Å². The van der Waals surface area contributed by atoms with Gasteiger partial charge in [0.25, 0.3) is 5.91 Å². The Bertz CT molecular complexity index is 1210. The number of amides is 1. The lowest BCUT2D eigenvalue weighted by atomic mass is 10.1. The molecule has 4 aromatic rings. The van der Waals surface area contributed by atoms with Crippen LogP contribution < -0.4 is 19.5 Å².